The zero-order chi connectivity index (χ0) is 18.8. The van der Waals surface area contributed by atoms with Crippen LogP contribution in [0, 0.1) is 5.92 Å². The molecule has 0 bridgehead atoms. The third-order valence-corrected chi connectivity index (χ3v) is 5.45. The van der Waals surface area contributed by atoms with Crippen molar-refractivity contribution < 1.29 is 0 Å². The summed E-state index contributed by atoms with van der Waals surface area (Å²) in [7, 11) is 0. The summed E-state index contributed by atoms with van der Waals surface area (Å²) in [6.07, 6.45) is 8.08. The van der Waals surface area contributed by atoms with Crippen LogP contribution in [0.5, 0.6) is 0 Å². The lowest BCUT2D eigenvalue weighted by Crippen LogP contribution is -2.36. The molecule has 0 spiro atoms. The number of piperidine rings is 1. The molecule has 1 saturated heterocycles. The van der Waals surface area contributed by atoms with E-state index in [0.717, 1.165) is 56.1 Å². The lowest BCUT2D eigenvalue weighted by Gasteiger charge is -2.31. The molecule has 0 unspecified atom stereocenters. The SMILES string of the molecule is CC(C)c1cc(=O)n(CC2CCN(Cc3cn4ccccc4n3)CC2)cn1. The molecule has 0 aromatic carbocycles. The molecule has 4 rings (SSSR count). The van der Waals surface area contributed by atoms with E-state index in [1.165, 1.54) is 0 Å². The Hall–Kier alpha value is -2.47. The van der Waals surface area contributed by atoms with Crippen molar-refractivity contribution >= 4 is 5.65 Å². The Bertz CT molecular complexity index is 933. The first kappa shape index (κ1) is 17.9. The maximum Gasteiger partial charge on any atom is 0.253 e. The molecule has 6 nitrogen and oxygen atoms in total. The van der Waals surface area contributed by atoms with Gasteiger partial charge in [-0.05, 0) is 49.9 Å². The fraction of sp³-hybridized carbons (Fsp3) is 0.476. The molecule has 0 aliphatic carbocycles. The molecule has 3 aromatic rings. The number of nitrogens with zero attached hydrogens (tertiary/aromatic N) is 5. The van der Waals surface area contributed by atoms with E-state index >= 15 is 0 Å². The molecule has 3 aromatic heterocycles. The minimum Gasteiger partial charge on any atom is -0.307 e. The van der Waals surface area contributed by atoms with Crippen LogP contribution in [0.2, 0.25) is 0 Å². The van der Waals surface area contributed by atoms with Gasteiger partial charge in [-0.2, -0.15) is 0 Å². The predicted octanol–water partition coefficient (Wildman–Crippen LogP) is 2.93. The first-order valence-electron chi connectivity index (χ1n) is 9.80. The standard InChI is InChI=1S/C21H27N5O/c1-16(2)19-11-21(27)26(15-22-19)12-17-6-9-24(10-7-17)13-18-14-25-8-4-3-5-20(25)23-18/h3-5,8,11,14-17H,6-7,9-10,12-13H2,1-2H3. The molecular weight excluding hydrogens is 338 g/mol. The highest BCUT2D eigenvalue weighted by atomic mass is 16.1. The number of fused-ring (bicyclic) bond motifs is 1. The lowest BCUT2D eigenvalue weighted by atomic mass is 9.96. The van der Waals surface area contributed by atoms with Crippen molar-refractivity contribution in [3.63, 3.8) is 0 Å². The Kier molecular flexibility index (Phi) is 5.07. The average molecular weight is 365 g/mol. The monoisotopic (exact) mass is 365 g/mol. The molecule has 1 fully saturated rings. The van der Waals surface area contributed by atoms with Crippen LogP contribution in [0.15, 0.2) is 47.8 Å². The van der Waals surface area contributed by atoms with E-state index < -0.39 is 0 Å². The second-order valence-corrected chi connectivity index (χ2v) is 7.88. The van der Waals surface area contributed by atoms with Gasteiger partial charge in [0.2, 0.25) is 0 Å². The van der Waals surface area contributed by atoms with Gasteiger partial charge in [-0.1, -0.05) is 19.9 Å². The molecule has 0 N–H and O–H groups in total. The van der Waals surface area contributed by atoms with Crippen molar-refractivity contribution in [2.75, 3.05) is 13.1 Å². The third-order valence-electron chi connectivity index (χ3n) is 5.45. The minimum atomic E-state index is 0.0702. The van der Waals surface area contributed by atoms with Gasteiger partial charge in [0.05, 0.1) is 17.7 Å². The molecule has 1 aliphatic rings. The van der Waals surface area contributed by atoms with E-state index in [1.807, 2.05) is 24.4 Å². The van der Waals surface area contributed by atoms with Gasteiger partial charge in [-0.25, -0.2) is 9.97 Å². The van der Waals surface area contributed by atoms with Crippen LogP contribution in [0.3, 0.4) is 0 Å². The van der Waals surface area contributed by atoms with Crippen molar-refractivity contribution in [2.24, 2.45) is 5.92 Å². The fourth-order valence-electron chi connectivity index (χ4n) is 3.79. The molecular formula is C21H27N5O. The summed E-state index contributed by atoms with van der Waals surface area (Å²) in [5, 5.41) is 0. The molecule has 142 valence electrons. The minimum absolute atomic E-state index is 0.0702. The molecule has 4 heterocycles. The van der Waals surface area contributed by atoms with Gasteiger partial charge in [0.1, 0.15) is 5.65 Å². The topological polar surface area (TPSA) is 55.4 Å². The Morgan fingerprint density at radius 3 is 2.74 bits per heavy atom. The zero-order valence-corrected chi connectivity index (χ0v) is 16.1. The van der Waals surface area contributed by atoms with Crippen LogP contribution in [-0.4, -0.2) is 36.9 Å². The summed E-state index contributed by atoms with van der Waals surface area (Å²) in [5.74, 6) is 0.821. The molecule has 0 atom stereocenters. The van der Waals surface area contributed by atoms with Crippen LogP contribution in [0.4, 0.5) is 0 Å². The van der Waals surface area contributed by atoms with Crippen molar-refractivity contribution in [1.82, 2.24) is 23.8 Å². The van der Waals surface area contributed by atoms with Crippen LogP contribution < -0.4 is 5.56 Å². The summed E-state index contributed by atoms with van der Waals surface area (Å²) in [4.78, 5) is 23.9. The van der Waals surface area contributed by atoms with Gasteiger partial charge in [-0.15, -0.1) is 0 Å². The van der Waals surface area contributed by atoms with Crippen molar-refractivity contribution in [1.29, 1.82) is 0 Å². The van der Waals surface area contributed by atoms with Gasteiger partial charge >= 0.3 is 0 Å². The number of aromatic nitrogens is 4. The normalized spacial score (nSPS) is 16.4. The van der Waals surface area contributed by atoms with Crippen molar-refractivity contribution in [3.8, 4) is 0 Å². The highest BCUT2D eigenvalue weighted by molar-refractivity contribution is 5.39. The van der Waals surface area contributed by atoms with E-state index in [1.54, 1.807) is 17.0 Å². The first-order valence-corrected chi connectivity index (χ1v) is 9.80. The zero-order valence-electron chi connectivity index (χ0n) is 16.1. The van der Waals surface area contributed by atoms with Gasteiger partial charge in [0, 0.05) is 31.5 Å². The Morgan fingerprint density at radius 2 is 2.04 bits per heavy atom. The highest BCUT2D eigenvalue weighted by Crippen LogP contribution is 2.20. The first-order chi connectivity index (χ1) is 13.1. The summed E-state index contributed by atoms with van der Waals surface area (Å²) >= 11 is 0. The summed E-state index contributed by atoms with van der Waals surface area (Å²) in [5.41, 5.74) is 3.06. The largest absolute Gasteiger partial charge is 0.307 e. The molecule has 27 heavy (non-hydrogen) atoms. The molecule has 0 radical (unpaired) electrons. The van der Waals surface area contributed by atoms with E-state index in [4.69, 9.17) is 4.98 Å². The predicted molar refractivity (Wildman–Crippen MR) is 106 cm³/mol. The second-order valence-electron chi connectivity index (χ2n) is 7.88. The smallest absolute Gasteiger partial charge is 0.253 e. The summed E-state index contributed by atoms with van der Waals surface area (Å²) in [6.45, 7) is 7.87. The van der Waals surface area contributed by atoms with Crippen molar-refractivity contribution in [3.05, 3.63) is 64.7 Å². The second kappa shape index (κ2) is 7.64. The Morgan fingerprint density at radius 1 is 1.22 bits per heavy atom. The van der Waals surface area contributed by atoms with Gasteiger partial charge < -0.3 is 4.40 Å². The summed E-state index contributed by atoms with van der Waals surface area (Å²) in [6, 6.07) is 7.76. The molecule has 6 heteroatoms. The van der Waals surface area contributed by atoms with E-state index in [-0.39, 0.29) is 11.5 Å². The number of likely N-dealkylation sites (tertiary alicyclic amines) is 1. The Balaban J connectivity index is 1.33. The van der Waals surface area contributed by atoms with E-state index in [0.29, 0.717) is 5.92 Å². The quantitative estimate of drug-likeness (QED) is 0.698. The number of imidazole rings is 1. The highest BCUT2D eigenvalue weighted by Gasteiger charge is 2.21. The summed E-state index contributed by atoms with van der Waals surface area (Å²) < 4.78 is 3.84. The molecule has 0 saturated carbocycles. The lowest BCUT2D eigenvalue weighted by molar-refractivity contribution is 0.165. The average Bonchev–Trinajstić information content (AvgIpc) is 3.07. The van der Waals surface area contributed by atoms with Gasteiger partial charge in [0.25, 0.3) is 5.56 Å². The van der Waals surface area contributed by atoms with E-state index in [9.17, 15) is 4.79 Å². The number of rotatable bonds is 5. The fourth-order valence-corrected chi connectivity index (χ4v) is 3.79. The number of hydrogen-bond acceptors (Lipinski definition) is 4. The Labute approximate surface area is 159 Å². The maximum absolute atomic E-state index is 12.3. The van der Waals surface area contributed by atoms with E-state index in [2.05, 4.69) is 34.3 Å². The maximum atomic E-state index is 12.3. The molecule has 0 amide bonds. The number of hydrogen-bond donors (Lipinski definition) is 0. The van der Waals surface area contributed by atoms with Crippen LogP contribution in [0.1, 0.15) is 44.0 Å². The number of pyridine rings is 1. The molecule has 1 aliphatic heterocycles. The van der Waals surface area contributed by atoms with Crippen LogP contribution >= 0.6 is 0 Å². The van der Waals surface area contributed by atoms with Crippen molar-refractivity contribution in [2.45, 2.75) is 45.7 Å². The third kappa shape index (κ3) is 4.11. The van der Waals surface area contributed by atoms with Gasteiger partial charge in [0.15, 0.2) is 0 Å². The van der Waals surface area contributed by atoms with Gasteiger partial charge in [-0.3, -0.25) is 14.3 Å². The van der Waals surface area contributed by atoms with Crippen LogP contribution in [0.25, 0.3) is 5.65 Å². The van der Waals surface area contributed by atoms with Crippen LogP contribution in [-0.2, 0) is 13.1 Å².